The molecular formula is C13H16ClNO6. The molecule has 116 valence electrons. The number of methoxy groups -OCH3 is 1. The van der Waals surface area contributed by atoms with Crippen molar-refractivity contribution in [2.75, 3.05) is 20.3 Å². The van der Waals surface area contributed by atoms with E-state index >= 15 is 0 Å². The molecule has 1 aliphatic rings. The van der Waals surface area contributed by atoms with Crippen LogP contribution in [-0.4, -0.2) is 48.7 Å². The third kappa shape index (κ3) is 3.82. The third-order valence-corrected chi connectivity index (χ3v) is 3.53. The first-order valence-electron chi connectivity index (χ1n) is 6.42. The highest BCUT2D eigenvalue weighted by Crippen LogP contribution is 2.34. The van der Waals surface area contributed by atoms with Crippen molar-refractivity contribution in [2.24, 2.45) is 0 Å². The lowest BCUT2D eigenvalue weighted by atomic mass is 9.88. The highest BCUT2D eigenvalue weighted by molar-refractivity contribution is 6.32. The molecule has 8 heteroatoms. The predicted octanol–water partition coefficient (Wildman–Crippen LogP) is 1.79. The summed E-state index contributed by atoms with van der Waals surface area (Å²) >= 11 is 5.97. The van der Waals surface area contributed by atoms with Crippen LogP contribution in [0.1, 0.15) is 6.42 Å². The van der Waals surface area contributed by atoms with Crippen LogP contribution in [-0.2, 0) is 9.47 Å². The summed E-state index contributed by atoms with van der Waals surface area (Å²) in [5.74, 6) is 0.211. The summed E-state index contributed by atoms with van der Waals surface area (Å²) in [6.07, 6.45) is -1.12. The van der Waals surface area contributed by atoms with E-state index < -0.39 is 23.2 Å². The first-order chi connectivity index (χ1) is 10.0. The molecule has 1 aromatic rings. The van der Waals surface area contributed by atoms with Gasteiger partial charge in [0.2, 0.25) is 0 Å². The maximum atomic E-state index is 10.8. The van der Waals surface area contributed by atoms with Crippen LogP contribution in [0.4, 0.5) is 5.69 Å². The standard InChI is InChI=1S/C13H16ClNO6/c1-19-4-5-20-13-10(16)7-12(13)21-11-6-8(15(17)18)2-3-9(11)14/h2-3,6,10,12-13,16H,4-5,7H2,1H3. The zero-order chi connectivity index (χ0) is 15.4. The SMILES string of the molecule is COCCOC1C(O)CC1Oc1cc([N+](=O)[O-])ccc1Cl. The number of nitro groups is 1. The fourth-order valence-corrected chi connectivity index (χ4v) is 2.18. The van der Waals surface area contributed by atoms with Crippen molar-refractivity contribution in [1.29, 1.82) is 0 Å². The van der Waals surface area contributed by atoms with Gasteiger partial charge in [-0.2, -0.15) is 0 Å². The van der Waals surface area contributed by atoms with Crippen LogP contribution >= 0.6 is 11.6 Å². The van der Waals surface area contributed by atoms with E-state index in [0.717, 1.165) is 0 Å². The molecule has 21 heavy (non-hydrogen) atoms. The summed E-state index contributed by atoms with van der Waals surface area (Å²) in [6.45, 7) is 0.744. The molecule has 0 aromatic heterocycles. The molecule has 3 atom stereocenters. The average molecular weight is 318 g/mol. The van der Waals surface area contributed by atoms with Crippen molar-refractivity contribution >= 4 is 17.3 Å². The van der Waals surface area contributed by atoms with E-state index in [1.807, 2.05) is 0 Å². The molecule has 0 bridgehead atoms. The van der Waals surface area contributed by atoms with Crippen LogP contribution in [0.25, 0.3) is 0 Å². The summed E-state index contributed by atoms with van der Waals surface area (Å²) in [7, 11) is 1.55. The Bertz CT molecular complexity index is 511. The molecule has 0 saturated heterocycles. The summed E-state index contributed by atoms with van der Waals surface area (Å²) in [5, 5.41) is 20.7. The number of aliphatic hydroxyl groups is 1. The number of rotatable bonds is 7. The van der Waals surface area contributed by atoms with Gasteiger partial charge in [0.25, 0.3) is 5.69 Å². The molecule has 0 spiro atoms. The Labute approximate surface area is 126 Å². The van der Waals surface area contributed by atoms with Crippen molar-refractivity contribution in [1.82, 2.24) is 0 Å². The number of hydrogen-bond donors (Lipinski definition) is 1. The van der Waals surface area contributed by atoms with E-state index in [0.29, 0.717) is 19.6 Å². The van der Waals surface area contributed by atoms with Crippen LogP contribution in [0.2, 0.25) is 5.02 Å². The van der Waals surface area contributed by atoms with E-state index in [1.54, 1.807) is 7.11 Å². The number of halogens is 1. The lowest BCUT2D eigenvalue weighted by molar-refractivity contribution is -0.385. The Balaban J connectivity index is 2.00. The lowest BCUT2D eigenvalue weighted by Gasteiger charge is -2.40. The van der Waals surface area contributed by atoms with Crippen molar-refractivity contribution in [3.63, 3.8) is 0 Å². The first-order valence-corrected chi connectivity index (χ1v) is 6.80. The largest absolute Gasteiger partial charge is 0.486 e. The Morgan fingerprint density at radius 1 is 1.48 bits per heavy atom. The highest BCUT2D eigenvalue weighted by Gasteiger charge is 2.43. The molecular weight excluding hydrogens is 302 g/mol. The molecule has 1 aliphatic carbocycles. The summed E-state index contributed by atoms with van der Waals surface area (Å²) in [4.78, 5) is 10.2. The fourth-order valence-electron chi connectivity index (χ4n) is 2.02. The number of nitrogens with zero attached hydrogens (tertiary/aromatic N) is 1. The first kappa shape index (κ1) is 16.0. The van der Waals surface area contributed by atoms with Crippen molar-refractivity contribution in [3.8, 4) is 5.75 Å². The predicted molar refractivity (Wildman–Crippen MR) is 74.8 cm³/mol. The number of aliphatic hydroxyl groups excluding tert-OH is 1. The minimum Gasteiger partial charge on any atom is -0.486 e. The van der Waals surface area contributed by atoms with E-state index in [2.05, 4.69) is 0 Å². The molecule has 3 unspecified atom stereocenters. The van der Waals surface area contributed by atoms with Gasteiger partial charge in [0.1, 0.15) is 18.0 Å². The molecule has 1 saturated carbocycles. The lowest BCUT2D eigenvalue weighted by Crippen LogP contribution is -2.55. The molecule has 0 radical (unpaired) electrons. The summed E-state index contributed by atoms with van der Waals surface area (Å²) in [6, 6.07) is 3.97. The number of non-ortho nitro benzene ring substituents is 1. The van der Waals surface area contributed by atoms with Gasteiger partial charge in [-0.25, -0.2) is 0 Å². The number of nitro benzene ring substituents is 1. The fraction of sp³-hybridized carbons (Fsp3) is 0.538. The summed E-state index contributed by atoms with van der Waals surface area (Å²) < 4.78 is 15.9. The van der Waals surface area contributed by atoms with Crippen molar-refractivity contribution in [3.05, 3.63) is 33.3 Å². The van der Waals surface area contributed by atoms with Crippen molar-refractivity contribution in [2.45, 2.75) is 24.7 Å². The second kappa shape index (κ2) is 7.04. The zero-order valence-corrected chi connectivity index (χ0v) is 12.2. The minimum atomic E-state index is -0.621. The topological polar surface area (TPSA) is 91.1 Å². The smallest absolute Gasteiger partial charge is 0.273 e. The van der Waals surface area contributed by atoms with Crippen LogP contribution in [0.3, 0.4) is 0 Å². The maximum absolute atomic E-state index is 10.8. The minimum absolute atomic E-state index is 0.105. The van der Waals surface area contributed by atoms with Crippen LogP contribution < -0.4 is 4.74 Å². The molecule has 7 nitrogen and oxygen atoms in total. The molecule has 0 amide bonds. The average Bonchev–Trinajstić information content (AvgIpc) is 2.44. The van der Waals surface area contributed by atoms with Crippen LogP contribution in [0, 0.1) is 10.1 Å². The maximum Gasteiger partial charge on any atom is 0.273 e. The van der Waals surface area contributed by atoms with Gasteiger partial charge >= 0.3 is 0 Å². The van der Waals surface area contributed by atoms with Gasteiger partial charge in [0.05, 0.1) is 35.3 Å². The van der Waals surface area contributed by atoms with Gasteiger partial charge in [-0.15, -0.1) is 0 Å². The third-order valence-electron chi connectivity index (χ3n) is 3.22. The van der Waals surface area contributed by atoms with E-state index in [9.17, 15) is 15.2 Å². The second-order valence-electron chi connectivity index (χ2n) is 4.66. The van der Waals surface area contributed by atoms with Gasteiger partial charge < -0.3 is 19.3 Å². The Morgan fingerprint density at radius 2 is 2.24 bits per heavy atom. The molecule has 0 heterocycles. The van der Waals surface area contributed by atoms with Gasteiger partial charge in [-0.1, -0.05) is 11.6 Å². The highest BCUT2D eigenvalue weighted by atomic mass is 35.5. The van der Waals surface area contributed by atoms with Gasteiger partial charge in [-0.3, -0.25) is 10.1 Å². The van der Waals surface area contributed by atoms with E-state index in [-0.39, 0.29) is 16.5 Å². The molecule has 1 aromatic carbocycles. The Kier molecular flexibility index (Phi) is 5.35. The molecule has 2 rings (SSSR count). The summed E-state index contributed by atoms with van der Waals surface area (Å²) in [5.41, 5.74) is -0.105. The van der Waals surface area contributed by atoms with Crippen molar-refractivity contribution < 1.29 is 24.2 Å². The Morgan fingerprint density at radius 3 is 2.86 bits per heavy atom. The van der Waals surface area contributed by atoms with Crippen LogP contribution in [0.15, 0.2) is 18.2 Å². The number of ether oxygens (including phenoxy) is 3. The molecule has 1 N–H and O–H groups in total. The van der Waals surface area contributed by atoms with E-state index in [1.165, 1.54) is 18.2 Å². The molecule has 0 aliphatic heterocycles. The number of benzene rings is 1. The second-order valence-corrected chi connectivity index (χ2v) is 5.07. The number of hydrogen-bond acceptors (Lipinski definition) is 6. The van der Waals surface area contributed by atoms with Gasteiger partial charge in [0.15, 0.2) is 0 Å². The van der Waals surface area contributed by atoms with Gasteiger partial charge in [-0.05, 0) is 6.07 Å². The monoisotopic (exact) mass is 317 g/mol. The van der Waals surface area contributed by atoms with E-state index in [4.69, 9.17) is 25.8 Å². The Hall–Kier alpha value is -1.41. The zero-order valence-electron chi connectivity index (χ0n) is 11.4. The molecule has 1 fully saturated rings. The quantitative estimate of drug-likeness (QED) is 0.468. The van der Waals surface area contributed by atoms with Crippen LogP contribution in [0.5, 0.6) is 5.75 Å². The normalized spacial score (nSPS) is 24.4. The van der Waals surface area contributed by atoms with Gasteiger partial charge in [0, 0.05) is 19.6 Å².